The fraction of sp³-hybridized carbons (Fsp3) is 1.00. The summed E-state index contributed by atoms with van der Waals surface area (Å²) in [6.45, 7) is 0. The SMILES string of the molecule is O=[PH](O)CC[PH](=O)O.[AlH3]. The summed E-state index contributed by atoms with van der Waals surface area (Å²) in [6, 6.07) is 0. The van der Waals surface area contributed by atoms with Crippen molar-refractivity contribution in [3.05, 3.63) is 0 Å². The normalized spacial score (nSPS) is 15.8. The second-order valence-electron chi connectivity index (χ2n) is 1.29. The van der Waals surface area contributed by atoms with Gasteiger partial charge in [0.05, 0.1) is 0 Å². The summed E-state index contributed by atoms with van der Waals surface area (Å²) in [5.41, 5.74) is 0. The monoisotopic (exact) mass is 188 g/mol. The maximum Gasteiger partial charge on any atom is 0.189 e. The summed E-state index contributed by atoms with van der Waals surface area (Å²) in [7, 11) is -5.03. The lowest BCUT2D eigenvalue weighted by Gasteiger charge is -1.88. The minimum absolute atomic E-state index is 0. The van der Waals surface area contributed by atoms with Crippen molar-refractivity contribution >= 4 is 33.4 Å². The van der Waals surface area contributed by atoms with E-state index in [0.717, 1.165) is 0 Å². The molecule has 0 amide bonds. The third kappa shape index (κ3) is 12.2. The third-order valence-electron chi connectivity index (χ3n) is 0.553. The molecule has 0 aliphatic rings. The zero-order valence-corrected chi connectivity index (χ0v) is 6.13. The molecule has 0 rings (SSSR count). The van der Waals surface area contributed by atoms with Gasteiger partial charge in [-0.25, -0.2) is 0 Å². The maximum absolute atomic E-state index is 9.86. The molecular formula is C2H11AlO4P2. The van der Waals surface area contributed by atoms with Crippen LogP contribution in [0.1, 0.15) is 0 Å². The smallest absolute Gasteiger partial charge is 0.189 e. The zero-order valence-electron chi connectivity index (χ0n) is 4.13. The van der Waals surface area contributed by atoms with Crippen LogP contribution in [0, 0.1) is 0 Å². The summed E-state index contributed by atoms with van der Waals surface area (Å²) in [4.78, 5) is 16.2. The average molecular weight is 188 g/mol. The van der Waals surface area contributed by atoms with Crippen LogP contribution >= 0.6 is 16.1 Å². The largest absolute Gasteiger partial charge is 0.346 e. The zero-order chi connectivity index (χ0) is 6.57. The summed E-state index contributed by atoms with van der Waals surface area (Å²) >= 11 is 0. The minimum atomic E-state index is -2.51. The molecule has 4 nitrogen and oxygen atoms in total. The van der Waals surface area contributed by atoms with Crippen LogP contribution in [-0.2, 0) is 9.13 Å². The molecule has 0 aliphatic heterocycles. The van der Waals surface area contributed by atoms with Crippen LogP contribution in [0.2, 0.25) is 0 Å². The first-order valence-corrected chi connectivity index (χ1v) is 5.19. The van der Waals surface area contributed by atoms with Gasteiger partial charge in [0.1, 0.15) is 0 Å². The summed E-state index contributed by atoms with van der Waals surface area (Å²) in [5, 5.41) is 0. The van der Waals surface area contributed by atoms with E-state index in [1.165, 1.54) is 0 Å². The van der Waals surface area contributed by atoms with E-state index in [1.807, 2.05) is 0 Å². The van der Waals surface area contributed by atoms with Crippen molar-refractivity contribution in [1.29, 1.82) is 0 Å². The Labute approximate surface area is 65.1 Å². The van der Waals surface area contributed by atoms with Gasteiger partial charge in [-0.05, 0) is 0 Å². The highest BCUT2D eigenvalue weighted by atomic mass is 31.1. The van der Waals surface area contributed by atoms with E-state index in [4.69, 9.17) is 9.79 Å². The number of rotatable bonds is 3. The van der Waals surface area contributed by atoms with Gasteiger partial charge in [-0.2, -0.15) is 0 Å². The molecule has 0 fully saturated rings. The predicted molar refractivity (Wildman–Crippen MR) is 42.1 cm³/mol. The molecule has 0 bridgehead atoms. The molecule has 0 aromatic rings. The van der Waals surface area contributed by atoms with Crippen LogP contribution < -0.4 is 0 Å². The molecule has 7 heteroatoms. The van der Waals surface area contributed by atoms with Crippen molar-refractivity contribution < 1.29 is 18.9 Å². The van der Waals surface area contributed by atoms with Crippen LogP contribution in [0.4, 0.5) is 0 Å². The molecule has 0 aliphatic carbocycles. The van der Waals surface area contributed by atoms with E-state index < -0.39 is 16.1 Å². The summed E-state index contributed by atoms with van der Waals surface area (Å²) in [6.07, 6.45) is -0.0576. The molecule has 2 N–H and O–H groups in total. The Hall–Kier alpha value is 0.912. The molecule has 0 aromatic heterocycles. The van der Waals surface area contributed by atoms with Crippen molar-refractivity contribution in [2.75, 3.05) is 12.3 Å². The molecule has 0 radical (unpaired) electrons. The molecule has 56 valence electrons. The van der Waals surface area contributed by atoms with Gasteiger partial charge in [-0.15, -0.1) is 0 Å². The Morgan fingerprint density at radius 1 is 1.00 bits per heavy atom. The van der Waals surface area contributed by atoms with Gasteiger partial charge in [0.25, 0.3) is 0 Å². The highest BCUT2D eigenvalue weighted by Crippen LogP contribution is 2.20. The van der Waals surface area contributed by atoms with Crippen LogP contribution in [0.15, 0.2) is 0 Å². The molecule has 0 saturated carbocycles. The Bertz CT molecular complexity index is 101. The predicted octanol–water partition coefficient (Wildman–Crippen LogP) is -1.26. The number of hydrogen-bond donors (Lipinski definition) is 2. The van der Waals surface area contributed by atoms with Gasteiger partial charge in [0, 0.05) is 12.3 Å². The van der Waals surface area contributed by atoms with E-state index in [0.29, 0.717) is 0 Å². The van der Waals surface area contributed by atoms with Crippen LogP contribution in [0.5, 0.6) is 0 Å². The molecule has 0 aromatic carbocycles. The Morgan fingerprint density at radius 3 is 1.33 bits per heavy atom. The van der Waals surface area contributed by atoms with Crippen molar-refractivity contribution in [3.63, 3.8) is 0 Å². The third-order valence-corrected chi connectivity index (χ3v) is 2.41. The Morgan fingerprint density at radius 2 is 1.22 bits per heavy atom. The highest BCUT2D eigenvalue weighted by molar-refractivity contribution is 7.42. The standard InChI is InChI=1S/C2H8O4P2.Al.3H/c3-7(4)1-2-8(5)6;;;;/h7-8H,1-2H2,(H,3,4)(H,5,6);;;;. The van der Waals surface area contributed by atoms with Crippen molar-refractivity contribution in [3.8, 4) is 0 Å². The van der Waals surface area contributed by atoms with Gasteiger partial charge in [-0.3, -0.25) is 9.13 Å². The summed E-state index contributed by atoms with van der Waals surface area (Å²) < 4.78 is 19.7. The van der Waals surface area contributed by atoms with E-state index in [-0.39, 0.29) is 29.7 Å². The molecule has 0 saturated heterocycles. The van der Waals surface area contributed by atoms with E-state index in [9.17, 15) is 9.13 Å². The van der Waals surface area contributed by atoms with E-state index >= 15 is 0 Å². The van der Waals surface area contributed by atoms with E-state index in [2.05, 4.69) is 0 Å². The summed E-state index contributed by atoms with van der Waals surface area (Å²) in [5.74, 6) is 0. The molecule has 0 spiro atoms. The van der Waals surface area contributed by atoms with Gasteiger partial charge >= 0.3 is 0 Å². The minimum Gasteiger partial charge on any atom is -0.346 e. The van der Waals surface area contributed by atoms with Crippen molar-refractivity contribution in [1.82, 2.24) is 0 Å². The lowest BCUT2D eigenvalue weighted by atomic mass is 11.0. The van der Waals surface area contributed by atoms with Crippen LogP contribution in [0.25, 0.3) is 0 Å². The second kappa shape index (κ2) is 7.02. The lowest BCUT2D eigenvalue weighted by molar-refractivity contribution is 0.494. The second-order valence-corrected chi connectivity index (χ2v) is 3.86. The molecule has 0 heterocycles. The van der Waals surface area contributed by atoms with Crippen LogP contribution in [-0.4, -0.2) is 39.5 Å². The van der Waals surface area contributed by atoms with Crippen LogP contribution in [0.3, 0.4) is 0 Å². The van der Waals surface area contributed by atoms with E-state index in [1.54, 1.807) is 0 Å². The molecule has 2 unspecified atom stereocenters. The topological polar surface area (TPSA) is 74.6 Å². The molecule has 9 heavy (non-hydrogen) atoms. The fourth-order valence-corrected chi connectivity index (χ4v) is 1.92. The Kier molecular flexibility index (Phi) is 9.82. The first-order chi connectivity index (χ1) is 3.63. The van der Waals surface area contributed by atoms with Crippen molar-refractivity contribution in [2.24, 2.45) is 0 Å². The van der Waals surface area contributed by atoms with Gasteiger partial charge in [0.2, 0.25) is 0 Å². The average Bonchev–Trinajstić information content (AvgIpc) is 1.61. The highest BCUT2D eigenvalue weighted by Gasteiger charge is 1.95. The Balaban J connectivity index is 0. The number of hydrogen-bond acceptors (Lipinski definition) is 2. The fourth-order valence-electron chi connectivity index (χ4n) is 0.214. The quantitative estimate of drug-likeness (QED) is 0.428. The first kappa shape index (κ1) is 12.6. The van der Waals surface area contributed by atoms with Gasteiger partial charge < -0.3 is 9.79 Å². The maximum atomic E-state index is 9.86. The molecular weight excluding hydrogens is 177 g/mol. The van der Waals surface area contributed by atoms with Gasteiger partial charge in [0.15, 0.2) is 33.4 Å². The first-order valence-electron chi connectivity index (χ1n) is 2.06. The lowest BCUT2D eigenvalue weighted by Crippen LogP contribution is -1.79. The van der Waals surface area contributed by atoms with Gasteiger partial charge in [-0.1, -0.05) is 0 Å². The molecule has 2 atom stereocenters. The van der Waals surface area contributed by atoms with Crippen molar-refractivity contribution in [2.45, 2.75) is 0 Å².